The number of aryl methyl sites for hydroxylation is 1. The predicted molar refractivity (Wildman–Crippen MR) is 114 cm³/mol. The zero-order valence-corrected chi connectivity index (χ0v) is 17.3. The van der Waals surface area contributed by atoms with Gasteiger partial charge in [0.15, 0.2) is 0 Å². The molecule has 150 valence electrons. The van der Waals surface area contributed by atoms with Crippen LogP contribution in [0.4, 0.5) is 0 Å². The summed E-state index contributed by atoms with van der Waals surface area (Å²) < 4.78 is 32.4. The fourth-order valence-electron chi connectivity index (χ4n) is 3.52. The van der Waals surface area contributed by atoms with Gasteiger partial charge in [-0.15, -0.1) is 0 Å². The van der Waals surface area contributed by atoms with Gasteiger partial charge in [-0.25, -0.2) is 13.1 Å². The molecule has 1 N–H and O–H groups in total. The molecule has 3 rings (SSSR count). The van der Waals surface area contributed by atoms with Gasteiger partial charge in [0.1, 0.15) is 5.75 Å². The lowest BCUT2D eigenvalue weighted by molar-refractivity contribution is 0.262. The summed E-state index contributed by atoms with van der Waals surface area (Å²) in [6, 6.07) is 16.2. The quantitative estimate of drug-likeness (QED) is 0.734. The fraction of sp³-hybridized carbons (Fsp3) is 0.364. The van der Waals surface area contributed by atoms with Gasteiger partial charge in [-0.2, -0.15) is 0 Å². The summed E-state index contributed by atoms with van der Waals surface area (Å²) in [6.45, 7) is 4.07. The van der Waals surface area contributed by atoms with Crippen molar-refractivity contribution in [3.8, 4) is 5.75 Å². The molecule has 1 aliphatic rings. The molecule has 2 aromatic carbocycles. The predicted octanol–water partition coefficient (Wildman–Crippen LogP) is 3.73. The Morgan fingerprint density at radius 3 is 2.54 bits per heavy atom. The summed E-state index contributed by atoms with van der Waals surface area (Å²) in [6.07, 6.45) is 3.83. The molecule has 1 atom stereocenters. The Morgan fingerprint density at radius 2 is 1.86 bits per heavy atom. The summed E-state index contributed by atoms with van der Waals surface area (Å²) in [5.74, 6) is 0.849. The van der Waals surface area contributed by atoms with Crippen molar-refractivity contribution in [3.63, 3.8) is 0 Å². The summed E-state index contributed by atoms with van der Waals surface area (Å²) in [4.78, 5) is 2.34. The van der Waals surface area contributed by atoms with Crippen LogP contribution in [0.5, 0.6) is 5.75 Å². The second-order valence-electron chi connectivity index (χ2n) is 7.12. The highest BCUT2D eigenvalue weighted by Gasteiger charge is 2.25. The molecule has 0 bridgehead atoms. The minimum atomic E-state index is -3.45. The Kier molecular flexibility index (Phi) is 6.88. The van der Waals surface area contributed by atoms with Crippen LogP contribution in [0, 0.1) is 6.92 Å². The van der Waals surface area contributed by atoms with E-state index >= 15 is 0 Å². The Hall–Kier alpha value is -2.15. The number of benzene rings is 2. The maximum Gasteiger partial charge on any atom is 0.233 e. The van der Waals surface area contributed by atoms with Crippen molar-refractivity contribution in [2.45, 2.75) is 25.8 Å². The lowest BCUT2D eigenvalue weighted by Crippen LogP contribution is -2.34. The molecule has 6 heteroatoms. The highest BCUT2D eigenvalue weighted by molar-refractivity contribution is 7.92. The standard InChI is InChI=1S/C22H28N2O3S/c1-18-5-7-19(8-6-18)13-17-28(25,26)23-14-16-24-15-3-4-22(24)20-9-11-21(27-2)12-10-20/h5-13,17,22-23H,3-4,14-16H2,1-2H3/b17-13+. The van der Waals surface area contributed by atoms with Gasteiger partial charge in [0.25, 0.3) is 0 Å². The Bertz CT molecular complexity index is 890. The monoisotopic (exact) mass is 400 g/mol. The van der Waals surface area contributed by atoms with Crippen molar-refractivity contribution >= 4 is 16.1 Å². The van der Waals surface area contributed by atoms with Crippen LogP contribution >= 0.6 is 0 Å². The van der Waals surface area contributed by atoms with Crippen molar-refractivity contribution in [1.29, 1.82) is 0 Å². The van der Waals surface area contributed by atoms with E-state index in [1.54, 1.807) is 13.2 Å². The van der Waals surface area contributed by atoms with Gasteiger partial charge in [0.2, 0.25) is 10.0 Å². The molecular formula is C22H28N2O3S. The summed E-state index contributed by atoms with van der Waals surface area (Å²) in [7, 11) is -1.78. The zero-order chi connectivity index (χ0) is 20.0. The lowest BCUT2D eigenvalue weighted by Gasteiger charge is -2.25. The lowest BCUT2D eigenvalue weighted by atomic mass is 10.0. The number of ether oxygens (including phenoxy) is 1. The Labute approximate surface area is 168 Å². The number of sulfonamides is 1. The molecule has 1 fully saturated rings. The van der Waals surface area contributed by atoms with Gasteiger partial charge in [0, 0.05) is 24.5 Å². The SMILES string of the molecule is COc1ccc(C2CCCN2CCNS(=O)(=O)/C=C/c2ccc(C)cc2)cc1. The summed E-state index contributed by atoms with van der Waals surface area (Å²) in [5, 5.41) is 1.24. The van der Waals surface area contributed by atoms with Gasteiger partial charge < -0.3 is 4.74 Å². The topological polar surface area (TPSA) is 58.6 Å². The maximum absolute atomic E-state index is 12.2. The van der Waals surface area contributed by atoms with Crippen molar-refractivity contribution in [3.05, 3.63) is 70.6 Å². The number of methoxy groups -OCH3 is 1. The number of hydrogen-bond acceptors (Lipinski definition) is 4. The van der Waals surface area contributed by atoms with Gasteiger partial charge in [-0.1, -0.05) is 42.0 Å². The van der Waals surface area contributed by atoms with Gasteiger partial charge in [-0.05, 0) is 55.6 Å². The van der Waals surface area contributed by atoms with Crippen LogP contribution in [0.2, 0.25) is 0 Å². The van der Waals surface area contributed by atoms with Crippen LogP contribution in [0.1, 0.15) is 35.6 Å². The number of likely N-dealkylation sites (tertiary alicyclic amines) is 1. The molecule has 1 heterocycles. The molecule has 0 aliphatic carbocycles. The average molecular weight is 401 g/mol. The first kappa shape index (κ1) is 20.6. The Morgan fingerprint density at radius 1 is 1.14 bits per heavy atom. The molecule has 28 heavy (non-hydrogen) atoms. The summed E-state index contributed by atoms with van der Waals surface area (Å²) >= 11 is 0. The van der Waals surface area contributed by atoms with Crippen molar-refractivity contribution in [1.82, 2.24) is 9.62 Å². The first-order valence-corrected chi connectivity index (χ1v) is 11.1. The molecule has 0 aromatic heterocycles. The van der Waals surface area contributed by atoms with E-state index in [-0.39, 0.29) is 0 Å². The van der Waals surface area contributed by atoms with Gasteiger partial charge >= 0.3 is 0 Å². The van der Waals surface area contributed by atoms with Crippen LogP contribution in [0.15, 0.2) is 53.9 Å². The number of rotatable bonds is 8. The molecule has 1 saturated heterocycles. The first-order chi connectivity index (χ1) is 13.5. The van der Waals surface area contributed by atoms with Gasteiger partial charge in [0.05, 0.1) is 7.11 Å². The van der Waals surface area contributed by atoms with Crippen LogP contribution in [-0.2, 0) is 10.0 Å². The fourth-order valence-corrected chi connectivity index (χ4v) is 4.33. The minimum absolute atomic E-state index is 0.332. The largest absolute Gasteiger partial charge is 0.497 e. The van der Waals surface area contributed by atoms with Gasteiger partial charge in [-0.3, -0.25) is 4.90 Å². The highest BCUT2D eigenvalue weighted by atomic mass is 32.2. The van der Waals surface area contributed by atoms with E-state index in [0.717, 1.165) is 36.3 Å². The van der Waals surface area contributed by atoms with Crippen LogP contribution in [0.25, 0.3) is 6.08 Å². The van der Waals surface area contributed by atoms with Crippen molar-refractivity contribution in [2.75, 3.05) is 26.7 Å². The molecule has 0 amide bonds. The van der Waals surface area contributed by atoms with Crippen molar-refractivity contribution < 1.29 is 13.2 Å². The van der Waals surface area contributed by atoms with E-state index in [4.69, 9.17) is 4.74 Å². The maximum atomic E-state index is 12.2. The van der Waals surface area contributed by atoms with Crippen LogP contribution in [-0.4, -0.2) is 40.1 Å². The van der Waals surface area contributed by atoms with Crippen LogP contribution < -0.4 is 9.46 Å². The third-order valence-electron chi connectivity index (χ3n) is 5.08. The minimum Gasteiger partial charge on any atom is -0.497 e. The molecule has 2 aromatic rings. The van der Waals surface area contributed by atoms with Crippen LogP contribution in [0.3, 0.4) is 0 Å². The smallest absolute Gasteiger partial charge is 0.233 e. The zero-order valence-electron chi connectivity index (χ0n) is 16.5. The van der Waals surface area contributed by atoms with E-state index < -0.39 is 10.0 Å². The molecular weight excluding hydrogens is 372 g/mol. The Balaban J connectivity index is 1.53. The summed E-state index contributed by atoms with van der Waals surface area (Å²) in [5.41, 5.74) is 3.27. The molecule has 1 aliphatic heterocycles. The normalized spacial score (nSPS) is 18.0. The molecule has 0 radical (unpaired) electrons. The van der Waals surface area contributed by atoms with E-state index in [9.17, 15) is 8.42 Å². The van der Waals surface area contributed by atoms with Crippen molar-refractivity contribution in [2.24, 2.45) is 0 Å². The number of nitrogens with zero attached hydrogens (tertiary/aromatic N) is 1. The third kappa shape index (κ3) is 5.67. The molecule has 0 spiro atoms. The first-order valence-electron chi connectivity index (χ1n) is 9.59. The molecule has 0 saturated carbocycles. The molecule has 5 nitrogen and oxygen atoms in total. The third-order valence-corrected chi connectivity index (χ3v) is 6.18. The highest BCUT2D eigenvalue weighted by Crippen LogP contribution is 2.32. The molecule has 1 unspecified atom stereocenters. The van der Waals surface area contributed by atoms with E-state index in [1.165, 1.54) is 11.0 Å². The second-order valence-corrected chi connectivity index (χ2v) is 8.77. The average Bonchev–Trinajstić information content (AvgIpc) is 3.16. The number of nitrogens with one attached hydrogen (secondary N) is 1. The number of hydrogen-bond donors (Lipinski definition) is 1. The van der Waals surface area contributed by atoms with E-state index in [1.807, 2.05) is 43.3 Å². The second kappa shape index (κ2) is 9.37. The van der Waals surface area contributed by atoms with E-state index in [0.29, 0.717) is 19.1 Å². The van der Waals surface area contributed by atoms with E-state index in [2.05, 4.69) is 21.8 Å².